The van der Waals surface area contributed by atoms with E-state index in [1.165, 1.54) is 6.92 Å². The Morgan fingerprint density at radius 3 is 2.43 bits per heavy atom. The molecule has 0 N–H and O–H groups in total. The highest BCUT2D eigenvalue weighted by Crippen LogP contribution is 2.03. The molecule has 0 saturated carbocycles. The summed E-state index contributed by atoms with van der Waals surface area (Å²) in [6.45, 7) is 1.74. The summed E-state index contributed by atoms with van der Waals surface area (Å²) < 4.78 is 4.74. The zero-order chi connectivity index (χ0) is 10.6. The lowest BCUT2D eigenvalue weighted by Crippen LogP contribution is -2.46. The van der Waals surface area contributed by atoms with Gasteiger partial charge in [0.2, 0.25) is 0 Å². The zero-order valence-electron chi connectivity index (χ0n) is 8.12. The predicted molar refractivity (Wildman–Crippen MR) is 47.5 cm³/mol. The lowest BCUT2D eigenvalue weighted by molar-refractivity contribution is -0.158. The highest BCUT2D eigenvalue weighted by atomic mass is 16.5. The number of ether oxygens (including phenoxy) is 1. The number of Topliss-reactive ketones (excluding diaryl/α,β-unsaturated/α-hetero) is 1. The Hall–Kier alpha value is -1.23. The molecular formula is C9H13NO4. The first kappa shape index (κ1) is 10.8. The lowest BCUT2D eigenvalue weighted by Gasteiger charge is -2.24. The molecule has 1 aliphatic rings. The van der Waals surface area contributed by atoms with Crippen molar-refractivity contribution in [1.29, 1.82) is 0 Å². The van der Waals surface area contributed by atoms with Crippen LogP contribution in [0.2, 0.25) is 0 Å². The Morgan fingerprint density at radius 1 is 1.36 bits per heavy atom. The maximum atomic E-state index is 11.2. The van der Waals surface area contributed by atoms with Gasteiger partial charge in [-0.15, -0.1) is 0 Å². The second kappa shape index (κ2) is 4.85. The van der Waals surface area contributed by atoms with E-state index in [1.54, 1.807) is 0 Å². The van der Waals surface area contributed by atoms with Crippen LogP contribution in [-0.2, 0) is 19.1 Å². The van der Waals surface area contributed by atoms with E-state index >= 15 is 0 Å². The summed E-state index contributed by atoms with van der Waals surface area (Å²) in [5, 5.41) is 0. The highest BCUT2D eigenvalue weighted by Gasteiger charge is 2.25. The maximum Gasteiger partial charge on any atom is 0.255 e. The van der Waals surface area contributed by atoms with Crippen LogP contribution in [-0.4, -0.2) is 42.3 Å². The van der Waals surface area contributed by atoms with E-state index in [4.69, 9.17) is 4.74 Å². The fourth-order valence-corrected chi connectivity index (χ4v) is 1.26. The van der Waals surface area contributed by atoms with Gasteiger partial charge in [-0.25, -0.2) is 0 Å². The number of hydrogen-bond acceptors (Lipinski definition) is 4. The molecule has 0 aromatic heterocycles. The number of amides is 2. The van der Waals surface area contributed by atoms with Crippen molar-refractivity contribution < 1.29 is 19.1 Å². The molecule has 0 bridgehead atoms. The van der Waals surface area contributed by atoms with Crippen molar-refractivity contribution in [3.05, 3.63) is 0 Å². The van der Waals surface area contributed by atoms with E-state index in [0.29, 0.717) is 19.4 Å². The molecule has 0 aromatic carbocycles. The van der Waals surface area contributed by atoms with Crippen LogP contribution in [0.4, 0.5) is 0 Å². The lowest BCUT2D eigenvalue weighted by atomic mass is 10.2. The van der Waals surface area contributed by atoms with E-state index in [2.05, 4.69) is 0 Å². The molecule has 14 heavy (non-hydrogen) atoms. The summed E-state index contributed by atoms with van der Waals surface area (Å²) in [6, 6.07) is 0. The van der Waals surface area contributed by atoms with Crippen molar-refractivity contribution in [2.45, 2.75) is 19.8 Å². The fraction of sp³-hybridized carbons (Fsp3) is 0.667. The van der Waals surface area contributed by atoms with Gasteiger partial charge in [0.1, 0.15) is 19.0 Å². The van der Waals surface area contributed by atoms with Gasteiger partial charge in [-0.2, -0.15) is 0 Å². The molecule has 5 heteroatoms. The Morgan fingerprint density at radius 2 is 1.93 bits per heavy atom. The molecule has 0 aromatic rings. The Kier molecular flexibility index (Phi) is 3.76. The molecule has 1 aliphatic heterocycles. The average molecular weight is 199 g/mol. The molecule has 0 unspecified atom stereocenters. The van der Waals surface area contributed by atoms with Crippen LogP contribution in [0.15, 0.2) is 0 Å². The number of imide groups is 1. The van der Waals surface area contributed by atoms with Crippen LogP contribution in [0.25, 0.3) is 0 Å². The Labute approximate surface area is 82.0 Å². The van der Waals surface area contributed by atoms with Gasteiger partial charge in [0.25, 0.3) is 11.8 Å². The first-order valence-electron chi connectivity index (χ1n) is 4.51. The minimum Gasteiger partial charge on any atom is -0.362 e. The van der Waals surface area contributed by atoms with Gasteiger partial charge < -0.3 is 9.53 Å². The van der Waals surface area contributed by atoms with E-state index in [9.17, 15) is 14.4 Å². The van der Waals surface area contributed by atoms with Gasteiger partial charge in [-0.1, -0.05) is 0 Å². The monoisotopic (exact) mass is 199 g/mol. The molecule has 1 heterocycles. The van der Waals surface area contributed by atoms with Crippen LogP contribution >= 0.6 is 0 Å². The quantitative estimate of drug-likeness (QED) is 0.585. The average Bonchev–Trinajstić information content (AvgIpc) is 2.09. The molecular weight excluding hydrogens is 186 g/mol. The first-order valence-corrected chi connectivity index (χ1v) is 4.51. The molecule has 1 fully saturated rings. The molecule has 0 spiro atoms. The molecule has 0 aliphatic carbocycles. The molecule has 78 valence electrons. The van der Waals surface area contributed by atoms with Crippen LogP contribution in [0.1, 0.15) is 19.8 Å². The predicted octanol–water partition coefficient (Wildman–Crippen LogP) is -0.259. The third-order valence-electron chi connectivity index (χ3n) is 1.96. The van der Waals surface area contributed by atoms with Crippen molar-refractivity contribution in [3.63, 3.8) is 0 Å². The number of hydrogen-bond donors (Lipinski definition) is 0. The summed E-state index contributed by atoms with van der Waals surface area (Å²) in [7, 11) is 0. The van der Waals surface area contributed by atoms with E-state index in [0.717, 1.165) is 4.90 Å². The number of rotatable bonds is 4. The summed E-state index contributed by atoms with van der Waals surface area (Å²) in [5.74, 6) is -0.562. The number of nitrogens with zero attached hydrogens (tertiary/aromatic N) is 1. The molecule has 5 nitrogen and oxygen atoms in total. The molecule has 1 rings (SSSR count). The topological polar surface area (TPSA) is 63.7 Å². The largest absolute Gasteiger partial charge is 0.362 e. The maximum absolute atomic E-state index is 11.2. The number of carbonyl (C=O) groups is 3. The number of carbonyl (C=O) groups excluding carboxylic acids is 3. The van der Waals surface area contributed by atoms with Gasteiger partial charge in [0.05, 0.1) is 0 Å². The zero-order valence-corrected chi connectivity index (χ0v) is 8.12. The SMILES string of the molecule is CC(=O)CCCN1C(=O)COCC1=O. The third-order valence-corrected chi connectivity index (χ3v) is 1.96. The molecule has 0 atom stereocenters. The molecule has 1 saturated heterocycles. The van der Waals surface area contributed by atoms with Gasteiger partial charge >= 0.3 is 0 Å². The second-order valence-electron chi connectivity index (χ2n) is 3.24. The van der Waals surface area contributed by atoms with Crippen molar-refractivity contribution >= 4 is 17.6 Å². The number of morpholine rings is 1. The van der Waals surface area contributed by atoms with Crippen molar-refractivity contribution in [2.24, 2.45) is 0 Å². The summed E-state index contributed by atoms with van der Waals surface area (Å²) >= 11 is 0. The van der Waals surface area contributed by atoms with Crippen LogP contribution < -0.4 is 0 Å². The summed E-state index contributed by atoms with van der Waals surface area (Å²) in [6.07, 6.45) is 0.935. The minimum absolute atomic E-state index is 0.0359. The Balaban J connectivity index is 2.37. The highest BCUT2D eigenvalue weighted by molar-refractivity contribution is 5.98. The normalized spacial score (nSPS) is 17.4. The van der Waals surface area contributed by atoms with Crippen LogP contribution in [0, 0.1) is 0 Å². The number of ketones is 1. The summed E-state index contributed by atoms with van der Waals surface area (Å²) in [4.78, 5) is 34.1. The third kappa shape index (κ3) is 2.92. The van der Waals surface area contributed by atoms with E-state index in [1.807, 2.05) is 0 Å². The molecule has 2 amide bonds. The fourth-order valence-electron chi connectivity index (χ4n) is 1.26. The standard InChI is InChI=1S/C9H13NO4/c1-7(11)3-2-4-10-8(12)5-14-6-9(10)13/h2-6H2,1H3. The van der Waals surface area contributed by atoms with Crippen molar-refractivity contribution in [1.82, 2.24) is 4.90 Å². The van der Waals surface area contributed by atoms with E-state index in [-0.39, 0.29) is 30.8 Å². The molecule has 0 radical (unpaired) electrons. The first-order chi connectivity index (χ1) is 6.61. The van der Waals surface area contributed by atoms with Crippen molar-refractivity contribution in [2.75, 3.05) is 19.8 Å². The van der Waals surface area contributed by atoms with Crippen LogP contribution in [0.3, 0.4) is 0 Å². The van der Waals surface area contributed by atoms with Gasteiger partial charge in [0, 0.05) is 13.0 Å². The van der Waals surface area contributed by atoms with Crippen molar-refractivity contribution in [3.8, 4) is 0 Å². The van der Waals surface area contributed by atoms with E-state index < -0.39 is 0 Å². The van der Waals surface area contributed by atoms with Gasteiger partial charge in [0.15, 0.2) is 0 Å². The minimum atomic E-state index is -0.315. The summed E-state index contributed by atoms with van der Waals surface area (Å²) in [5.41, 5.74) is 0. The van der Waals surface area contributed by atoms with Gasteiger partial charge in [-0.3, -0.25) is 14.5 Å². The Bertz CT molecular complexity index is 246. The van der Waals surface area contributed by atoms with Crippen LogP contribution in [0.5, 0.6) is 0 Å². The smallest absolute Gasteiger partial charge is 0.255 e. The second-order valence-corrected chi connectivity index (χ2v) is 3.24. The van der Waals surface area contributed by atoms with Gasteiger partial charge in [-0.05, 0) is 13.3 Å².